The number of carbonyl (C=O) groups excluding carboxylic acids is 1. The van der Waals surface area contributed by atoms with Gasteiger partial charge in [0, 0.05) is 6.54 Å². The van der Waals surface area contributed by atoms with Gasteiger partial charge in [0.1, 0.15) is 12.4 Å². The lowest BCUT2D eigenvalue weighted by Crippen LogP contribution is -2.36. The number of nitrogens with zero attached hydrogens (tertiary/aromatic N) is 4. The minimum Gasteiger partial charge on any atom is -0.454 e. The van der Waals surface area contributed by atoms with E-state index in [0.717, 1.165) is 17.7 Å². The molecular weight excluding hydrogens is 298 g/mol. The van der Waals surface area contributed by atoms with E-state index in [-0.39, 0.29) is 18.6 Å². The molecule has 0 radical (unpaired) electrons. The van der Waals surface area contributed by atoms with Gasteiger partial charge in [-0.25, -0.2) is 4.68 Å². The highest BCUT2D eigenvalue weighted by molar-refractivity contribution is 5.80. The van der Waals surface area contributed by atoms with Gasteiger partial charge in [-0.2, -0.15) is 0 Å². The van der Waals surface area contributed by atoms with Gasteiger partial charge in [-0.3, -0.25) is 4.79 Å². The van der Waals surface area contributed by atoms with Crippen molar-refractivity contribution in [1.29, 1.82) is 0 Å². The Morgan fingerprint density at radius 3 is 2.96 bits per heavy atom. The molecule has 1 aliphatic rings. The van der Waals surface area contributed by atoms with Crippen LogP contribution in [0.4, 0.5) is 0 Å². The summed E-state index contributed by atoms with van der Waals surface area (Å²) in [5.74, 6) is 1.45. The molecule has 2 heterocycles. The van der Waals surface area contributed by atoms with Crippen molar-refractivity contribution in [2.24, 2.45) is 5.92 Å². The molecule has 2 atom stereocenters. The molecule has 0 aliphatic carbocycles. The summed E-state index contributed by atoms with van der Waals surface area (Å²) < 4.78 is 12.1. The molecule has 2 aromatic rings. The summed E-state index contributed by atoms with van der Waals surface area (Å²) in [6, 6.07) is 5.20. The fraction of sp³-hybridized carbons (Fsp3) is 0.467. The normalized spacial score (nSPS) is 15.2. The lowest BCUT2D eigenvalue weighted by atomic mass is 9.98. The van der Waals surface area contributed by atoms with Gasteiger partial charge in [0.15, 0.2) is 11.5 Å². The SMILES string of the molecule is CC[C@H](C)[C@@H](C(=O)NCc1ccc2c(c1)OCO2)n1cnnn1. The van der Waals surface area contributed by atoms with E-state index in [2.05, 4.69) is 20.8 Å². The lowest BCUT2D eigenvalue weighted by molar-refractivity contribution is -0.126. The van der Waals surface area contributed by atoms with Gasteiger partial charge in [-0.15, -0.1) is 5.10 Å². The van der Waals surface area contributed by atoms with Crippen LogP contribution in [-0.2, 0) is 11.3 Å². The minimum absolute atomic E-state index is 0.107. The van der Waals surface area contributed by atoms with E-state index in [1.807, 2.05) is 32.0 Å². The third kappa shape index (κ3) is 3.25. The van der Waals surface area contributed by atoms with Crippen molar-refractivity contribution >= 4 is 5.91 Å². The molecule has 1 aromatic heterocycles. The van der Waals surface area contributed by atoms with Crippen LogP contribution in [0.3, 0.4) is 0 Å². The third-order valence-electron chi connectivity index (χ3n) is 4.01. The number of aromatic nitrogens is 4. The quantitative estimate of drug-likeness (QED) is 0.863. The third-order valence-corrected chi connectivity index (χ3v) is 4.01. The summed E-state index contributed by atoms with van der Waals surface area (Å²) in [4.78, 5) is 12.6. The Bertz CT molecular complexity index is 674. The molecule has 1 aliphatic heterocycles. The average Bonchev–Trinajstić information content (AvgIpc) is 3.23. The van der Waals surface area contributed by atoms with E-state index in [4.69, 9.17) is 9.47 Å². The highest BCUT2D eigenvalue weighted by Crippen LogP contribution is 2.32. The van der Waals surface area contributed by atoms with Gasteiger partial charge in [-0.05, 0) is 34.0 Å². The maximum absolute atomic E-state index is 12.6. The standard InChI is InChI=1S/C15H19N5O3/c1-3-10(2)14(20-8-17-18-19-20)15(21)16-7-11-4-5-12-13(6-11)23-9-22-12/h4-6,8,10,14H,3,7,9H2,1-2H3,(H,16,21)/t10-,14-/m0/s1. The summed E-state index contributed by atoms with van der Waals surface area (Å²) in [6.07, 6.45) is 2.32. The van der Waals surface area contributed by atoms with Crippen molar-refractivity contribution in [3.63, 3.8) is 0 Å². The number of fused-ring (bicyclic) bond motifs is 1. The van der Waals surface area contributed by atoms with Crippen LogP contribution in [0.2, 0.25) is 0 Å². The van der Waals surface area contributed by atoms with E-state index < -0.39 is 6.04 Å². The Kier molecular flexibility index (Phi) is 4.40. The summed E-state index contributed by atoms with van der Waals surface area (Å²) in [7, 11) is 0. The fourth-order valence-corrected chi connectivity index (χ4v) is 2.50. The first-order chi connectivity index (χ1) is 11.2. The Hall–Kier alpha value is -2.64. The molecule has 0 fully saturated rings. The first kappa shape index (κ1) is 15.3. The predicted octanol–water partition coefficient (Wildman–Crippen LogP) is 1.31. The van der Waals surface area contributed by atoms with Crippen molar-refractivity contribution in [1.82, 2.24) is 25.5 Å². The molecule has 8 nitrogen and oxygen atoms in total. The van der Waals surface area contributed by atoms with E-state index in [9.17, 15) is 4.79 Å². The van der Waals surface area contributed by atoms with Crippen LogP contribution < -0.4 is 14.8 Å². The molecule has 1 N–H and O–H groups in total. The number of hydrogen-bond acceptors (Lipinski definition) is 6. The van der Waals surface area contributed by atoms with Crippen LogP contribution in [0.1, 0.15) is 31.9 Å². The number of carbonyl (C=O) groups is 1. The summed E-state index contributed by atoms with van der Waals surface area (Å²) >= 11 is 0. The van der Waals surface area contributed by atoms with Crippen molar-refractivity contribution in [2.45, 2.75) is 32.9 Å². The van der Waals surface area contributed by atoms with Crippen molar-refractivity contribution in [2.75, 3.05) is 6.79 Å². The predicted molar refractivity (Wildman–Crippen MR) is 80.7 cm³/mol. The Morgan fingerprint density at radius 1 is 1.39 bits per heavy atom. The van der Waals surface area contributed by atoms with Gasteiger partial charge in [0.05, 0.1) is 0 Å². The van der Waals surface area contributed by atoms with Crippen molar-refractivity contribution in [3.05, 3.63) is 30.1 Å². The van der Waals surface area contributed by atoms with Crippen LogP contribution in [0, 0.1) is 5.92 Å². The number of ether oxygens (including phenoxy) is 2. The van der Waals surface area contributed by atoms with E-state index in [0.29, 0.717) is 12.3 Å². The Balaban J connectivity index is 1.67. The molecule has 0 saturated carbocycles. The molecular formula is C15H19N5O3. The number of rotatable bonds is 6. The average molecular weight is 317 g/mol. The zero-order valence-corrected chi connectivity index (χ0v) is 13.1. The van der Waals surface area contributed by atoms with Crippen molar-refractivity contribution < 1.29 is 14.3 Å². The maximum atomic E-state index is 12.6. The first-order valence-electron chi connectivity index (χ1n) is 7.57. The van der Waals surface area contributed by atoms with Crippen LogP contribution in [0.15, 0.2) is 24.5 Å². The molecule has 0 bridgehead atoms. The highest BCUT2D eigenvalue weighted by atomic mass is 16.7. The van der Waals surface area contributed by atoms with Crippen LogP contribution in [0.5, 0.6) is 11.5 Å². The Morgan fingerprint density at radius 2 is 2.22 bits per heavy atom. The van der Waals surface area contributed by atoms with Gasteiger partial charge in [-0.1, -0.05) is 26.3 Å². The van der Waals surface area contributed by atoms with Crippen LogP contribution in [-0.4, -0.2) is 32.9 Å². The Labute approximate surface area is 133 Å². The molecule has 0 spiro atoms. The number of tetrazole rings is 1. The van der Waals surface area contributed by atoms with E-state index in [1.54, 1.807) is 0 Å². The molecule has 8 heteroatoms. The van der Waals surface area contributed by atoms with E-state index >= 15 is 0 Å². The number of hydrogen-bond donors (Lipinski definition) is 1. The smallest absolute Gasteiger partial charge is 0.245 e. The summed E-state index contributed by atoms with van der Waals surface area (Å²) in [6.45, 7) is 4.69. The zero-order chi connectivity index (χ0) is 16.2. The highest BCUT2D eigenvalue weighted by Gasteiger charge is 2.27. The topological polar surface area (TPSA) is 91.2 Å². The second-order valence-electron chi connectivity index (χ2n) is 5.53. The molecule has 3 rings (SSSR count). The summed E-state index contributed by atoms with van der Waals surface area (Å²) in [5, 5.41) is 14.1. The van der Waals surface area contributed by atoms with Gasteiger partial charge >= 0.3 is 0 Å². The fourth-order valence-electron chi connectivity index (χ4n) is 2.50. The number of benzene rings is 1. The van der Waals surface area contributed by atoms with Gasteiger partial charge < -0.3 is 14.8 Å². The maximum Gasteiger partial charge on any atom is 0.245 e. The first-order valence-corrected chi connectivity index (χ1v) is 7.57. The molecule has 23 heavy (non-hydrogen) atoms. The monoisotopic (exact) mass is 317 g/mol. The summed E-state index contributed by atoms with van der Waals surface area (Å²) in [5.41, 5.74) is 0.946. The second kappa shape index (κ2) is 6.64. The van der Waals surface area contributed by atoms with Crippen LogP contribution in [0.25, 0.3) is 0 Å². The molecule has 1 aromatic carbocycles. The largest absolute Gasteiger partial charge is 0.454 e. The number of amides is 1. The zero-order valence-electron chi connectivity index (χ0n) is 13.1. The molecule has 122 valence electrons. The number of nitrogens with one attached hydrogen (secondary N) is 1. The second-order valence-corrected chi connectivity index (χ2v) is 5.53. The van der Waals surface area contributed by atoms with E-state index in [1.165, 1.54) is 11.0 Å². The minimum atomic E-state index is -0.427. The molecule has 1 amide bonds. The molecule has 0 unspecified atom stereocenters. The van der Waals surface area contributed by atoms with Crippen molar-refractivity contribution in [3.8, 4) is 11.5 Å². The van der Waals surface area contributed by atoms with Gasteiger partial charge in [0.25, 0.3) is 0 Å². The molecule has 0 saturated heterocycles. The van der Waals surface area contributed by atoms with Crippen LogP contribution >= 0.6 is 0 Å². The lowest BCUT2D eigenvalue weighted by Gasteiger charge is -2.21. The van der Waals surface area contributed by atoms with Gasteiger partial charge in [0.2, 0.25) is 12.7 Å².